The third-order valence-corrected chi connectivity index (χ3v) is 1.99. The molecule has 4 heteroatoms. The van der Waals surface area contributed by atoms with Gasteiger partial charge in [-0.2, -0.15) is 0 Å². The van der Waals surface area contributed by atoms with Gasteiger partial charge in [0.15, 0.2) is 0 Å². The van der Waals surface area contributed by atoms with E-state index < -0.39 is 0 Å². The molecule has 1 amide bonds. The summed E-state index contributed by atoms with van der Waals surface area (Å²) < 4.78 is 4.92. The number of carbonyl (C=O) groups excluding carboxylic acids is 1. The first-order chi connectivity index (χ1) is 5.84. The van der Waals surface area contributed by atoms with Gasteiger partial charge in [0.2, 0.25) is 5.91 Å². The highest BCUT2D eigenvalue weighted by Gasteiger charge is 2.14. The Bertz CT molecular complexity index is 150. The fourth-order valence-electron chi connectivity index (χ4n) is 1.26. The van der Waals surface area contributed by atoms with Crippen molar-refractivity contribution in [2.45, 2.75) is 6.42 Å². The first kappa shape index (κ1) is 9.48. The average Bonchev–Trinajstić information content (AvgIpc) is 2.27. The van der Waals surface area contributed by atoms with Crippen molar-refractivity contribution in [3.05, 3.63) is 0 Å². The van der Waals surface area contributed by atoms with E-state index >= 15 is 0 Å². The Morgan fingerprint density at radius 3 is 3.17 bits per heavy atom. The van der Waals surface area contributed by atoms with Gasteiger partial charge in [-0.1, -0.05) is 0 Å². The van der Waals surface area contributed by atoms with E-state index in [0.717, 1.165) is 26.2 Å². The van der Waals surface area contributed by atoms with E-state index in [9.17, 15) is 4.79 Å². The minimum Gasteiger partial charge on any atom is -0.383 e. The molecule has 0 aliphatic carbocycles. The number of ether oxygens (including phenoxy) is 1. The zero-order chi connectivity index (χ0) is 8.81. The molecule has 0 aromatic carbocycles. The first-order valence-electron chi connectivity index (χ1n) is 4.32. The van der Waals surface area contributed by atoms with Crippen LogP contribution in [0.15, 0.2) is 0 Å². The molecule has 0 atom stereocenters. The number of hydrogen-bond donors (Lipinski definition) is 1. The molecule has 70 valence electrons. The lowest BCUT2D eigenvalue weighted by molar-refractivity contribution is -0.130. The SMILES string of the molecule is COCCN1CCNCCC1=O. The predicted octanol–water partition coefficient (Wildman–Crippen LogP) is -0.545. The second-order valence-electron chi connectivity index (χ2n) is 2.87. The van der Waals surface area contributed by atoms with Crippen molar-refractivity contribution in [3.63, 3.8) is 0 Å². The monoisotopic (exact) mass is 172 g/mol. The number of methoxy groups -OCH3 is 1. The minimum absolute atomic E-state index is 0.233. The van der Waals surface area contributed by atoms with Gasteiger partial charge in [-0.25, -0.2) is 0 Å². The molecule has 1 heterocycles. The van der Waals surface area contributed by atoms with Crippen molar-refractivity contribution in [1.29, 1.82) is 0 Å². The molecule has 0 aromatic heterocycles. The van der Waals surface area contributed by atoms with E-state index in [-0.39, 0.29) is 5.91 Å². The molecule has 1 aliphatic rings. The largest absolute Gasteiger partial charge is 0.383 e. The second-order valence-corrected chi connectivity index (χ2v) is 2.87. The molecule has 0 saturated carbocycles. The van der Waals surface area contributed by atoms with Gasteiger partial charge in [-0.3, -0.25) is 4.79 Å². The smallest absolute Gasteiger partial charge is 0.223 e. The molecule has 1 fully saturated rings. The van der Waals surface area contributed by atoms with E-state index in [1.807, 2.05) is 4.90 Å². The van der Waals surface area contributed by atoms with E-state index in [1.54, 1.807) is 7.11 Å². The molecule has 0 unspecified atom stereocenters. The molecule has 1 rings (SSSR count). The Balaban J connectivity index is 2.31. The van der Waals surface area contributed by atoms with Crippen molar-refractivity contribution >= 4 is 5.91 Å². The van der Waals surface area contributed by atoms with Crippen molar-refractivity contribution in [3.8, 4) is 0 Å². The van der Waals surface area contributed by atoms with Crippen molar-refractivity contribution in [2.24, 2.45) is 0 Å². The van der Waals surface area contributed by atoms with Crippen LogP contribution in [0, 0.1) is 0 Å². The summed E-state index contributed by atoms with van der Waals surface area (Å²) in [7, 11) is 1.65. The van der Waals surface area contributed by atoms with Gasteiger partial charge in [0.05, 0.1) is 6.61 Å². The Morgan fingerprint density at radius 2 is 2.42 bits per heavy atom. The van der Waals surface area contributed by atoms with Crippen LogP contribution in [-0.4, -0.2) is 50.7 Å². The zero-order valence-corrected chi connectivity index (χ0v) is 7.51. The lowest BCUT2D eigenvalue weighted by Crippen LogP contribution is -2.34. The second kappa shape index (κ2) is 5.11. The molecular formula is C8H16N2O2. The zero-order valence-electron chi connectivity index (χ0n) is 7.51. The number of carbonyl (C=O) groups is 1. The summed E-state index contributed by atoms with van der Waals surface area (Å²) in [5.41, 5.74) is 0. The first-order valence-corrected chi connectivity index (χ1v) is 4.32. The predicted molar refractivity (Wildman–Crippen MR) is 45.9 cm³/mol. The highest BCUT2D eigenvalue weighted by atomic mass is 16.5. The molecule has 1 N–H and O–H groups in total. The van der Waals surface area contributed by atoms with Gasteiger partial charge < -0.3 is 15.0 Å². The number of amides is 1. The van der Waals surface area contributed by atoms with Gasteiger partial charge in [-0.05, 0) is 0 Å². The maximum absolute atomic E-state index is 11.4. The summed E-state index contributed by atoms with van der Waals surface area (Å²) in [5, 5.41) is 3.18. The van der Waals surface area contributed by atoms with Crippen molar-refractivity contribution in [1.82, 2.24) is 10.2 Å². The Labute approximate surface area is 72.9 Å². The lowest BCUT2D eigenvalue weighted by Gasteiger charge is -2.19. The van der Waals surface area contributed by atoms with Gasteiger partial charge >= 0.3 is 0 Å². The maximum atomic E-state index is 11.4. The Morgan fingerprint density at radius 1 is 1.58 bits per heavy atom. The van der Waals surface area contributed by atoms with E-state index in [0.29, 0.717) is 13.0 Å². The molecule has 0 radical (unpaired) electrons. The summed E-state index contributed by atoms with van der Waals surface area (Å²) >= 11 is 0. The fourth-order valence-corrected chi connectivity index (χ4v) is 1.26. The van der Waals surface area contributed by atoms with Crippen LogP contribution in [0.25, 0.3) is 0 Å². The number of rotatable bonds is 3. The summed E-state index contributed by atoms with van der Waals surface area (Å²) in [4.78, 5) is 13.2. The van der Waals surface area contributed by atoms with Gasteiger partial charge in [0, 0.05) is 39.7 Å². The van der Waals surface area contributed by atoms with Crippen LogP contribution >= 0.6 is 0 Å². The topological polar surface area (TPSA) is 41.6 Å². The summed E-state index contributed by atoms with van der Waals surface area (Å²) in [6.45, 7) is 3.86. The standard InChI is InChI=1S/C8H16N2O2/c1-12-7-6-10-5-4-9-3-2-8(10)11/h9H,2-7H2,1H3. The summed E-state index contributed by atoms with van der Waals surface area (Å²) in [6, 6.07) is 0. The molecule has 0 bridgehead atoms. The summed E-state index contributed by atoms with van der Waals surface area (Å²) in [5.74, 6) is 0.233. The van der Waals surface area contributed by atoms with E-state index in [4.69, 9.17) is 4.74 Å². The number of hydrogen-bond acceptors (Lipinski definition) is 3. The molecule has 0 spiro atoms. The number of nitrogens with zero attached hydrogens (tertiary/aromatic N) is 1. The minimum atomic E-state index is 0.233. The molecule has 1 saturated heterocycles. The highest BCUT2D eigenvalue weighted by Crippen LogP contribution is 1.96. The molecule has 4 nitrogen and oxygen atoms in total. The van der Waals surface area contributed by atoms with Crippen LogP contribution in [0.3, 0.4) is 0 Å². The van der Waals surface area contributed by atoms with E-state index in [1.165, 1.54) is 0 Å². The molecule has 12 heavy (non-hydrogen) atoms. The van der Waals surface area contributed by atoms with Gasteiger partial charge in [-0.15, -0.1) is 0 Å². The van der Waals surface area contributed by atoms with Crippen LogP contribution in [0.5, 0.6) is 0 Å². The van der Waals surface area contributed by atoms with Crippen molar-refractivity contribution in [2.75, 3.05) is 39.9 Å². The average molecular weight is 172 g/mol. The molecular weight excluding hydrogens is 156 g/mol. The fraction of sp³-hybridized carbons (Fsp3) is 0.875. The number of nitrogens with one attached hydrogen (secondary N) is 1. The van der Waals surface area contributed by atoms with Crippen molar-refractivity contribution < 1.29 is 9.53 Å². The van der Waals surface area contributed by atoms with Crippen LogP contribution in [0.4, 0.5) is 0 Å². The Hall–Kier alpha value is -0.610. The summed E-state index contributed by atoms with van der Waals surface area (Å²) in [6.07, 6.45) is 0.615. The molecule has 0 aromatic rings. The highest BCUT2D eigenvalue weighted by molar-refractivity contribution is 5.76. The third-order valence-electron chi connectivity index (χ3n) is 1.99. The van der Waals surface area contributed by atoms with Crippen LogP contribution in [0.2, 0.25) is 0 Å². The van der Waals surface area contributed by atoms with E-state index in [2.05, 4.69) is 5.32 Å². The maximum Gasteiger partial charge on any atom is 0.223 e. The van der Waals surface area contributed by atoms with Gasteiger partial charge in [0.25, 0.3) is 0 Å². The third kappa shape index (κ3) is 2.79. The van der Waals surface area contributed by atoms with Crippen LogP contribution < -0.4 is 5.32 Å². The van der Waals surface area contributed by atoms with Crippen LogP contribution in [0.1, 0.15) is 6.42 Å². The van der Waals surface area contributed by atoms with Crippen LogP contribution in [-0.2, 0) is 9.53 Å². The lowest BCUT2D eigenvalue weighted by atomic mass is 10.4. The molecule has 1 aliphatic heterocycles. The van der Waals surface area contributed by atoms with Gasteiger partial charge in [0.1, 0.15) is 0 Å². The Kier molecular flexibility index (Phi) is 4.04. The normalized spacial score (nSPS) is 19.4. The quantitative estimate of drug-likeness (QED) is 0.621.